The van der Waals surface area contributed by atoms with Gasteiger partial charge in [-0.3, -0.25) is 5.43 Å². The zero-order valence-electron chi connectivity index (χ0n) is 12.2. The Balaban J connectivity index is 1.84. The minimum Gasteiger partial charge on any atom is -0.277 e. The van der Waals surface area contributed by atoms with Crippen molar-refractivity contribution in [2.45, 2.75) is 0 Å². The van der Waals surface area contributed by atoms with E-state index in [9.17, 15) is 5.26 Å². The number of nitriles is 1. The molecule has 0 amide bonds. The topological polar surface area (TPSA) is 61.1 Å². The van der Waals surface area contributed by atoms with Crippen molar-refractivity contribution in [3.05, 3.63) is 69.0 Å². The summed E-state index contributed by atoms with van der Waals surface area (Å²) in [4.78, 5) is 4.47. The molecule has 0 spiro atoms. The van der Waals surface area contributed by atoms with Gasteiger partial charge in [0.05, 0.1) is 11.4 Å². The zero-order valence-corrected chi connectivity index (χ0v) is 14.5. The average molecular weight is 373 g/mol. The maximum absolute atomic E-state index is 9.34. The molecule has 0 saturated heterocycles. The first kappa shape index (κ1) is 16.5. The summed E-state index contributed by atoms with van der Waals surface area (Å²) < 4.78 is 0. The summed E-state index contributed by atoms with van der Waals surface area (Å²) in [7, 11) is 0. The Labute approximate surface area is 153 Å². The number of aromatic nitrogens is 1. The summed E-state index contributed by atoms with van der Waals surface area (Å²) in [5.41, 5.74) is 5.38. The molecule has 1 N–H and O–H groups in total. The fourth-order valence-corrected chi connectivity index (χ4v) is 3.28. The molecule has 0 atom stereocenters. The van der Waals surface area contributed by atoms with Gasteiger partial charge < -0.3 is 0 Å². The number of rotatable bonds is 4. The van der Waals surface area contributed by atoms with Gasteiger partial charge in [0, 0.05) is 21.0 Å². The van der Waals surface area contributed by atoms with Crippen molar-refractivity contribution < 1.29 is 0 Å². The minimum absolute atomic E-state index is 0.193. The maximum Gasteiger partial charge on any atom is 0.196 e. The Hall–Kier alpha value is -2.39. The lowest BCUT2D eigenvalue weighted by Gasteiger charge is -2.02. The molecule has 0 fully saturated rings. The van der Waals surface area contributed by atoms with E-state index in [0.29, 0.717) is 20.7 Å². The number of hydrogen-bond acceptors (Lipinski definition) is 5. The van der Waals surface area contributed by atoms with E-state index in [-0.39, 0.29) is 5.71 Å². The van der Waals surface area contributed by atoms with Crippen LogP contribution in [-0.2, 0) is 0 Å². The van der Waals surface area contributed by atoms with Crippen LogP contribution in [-0.4, -0.2) is 10.7 Å². The summed E-state index contributed by atoms with van der Waals surface area (Å²) in [6.45, 7) is 0. The molecule has 7 heteroatoms. The number of thiazole rings is 1. The first-order valence-corrected chi connectivity index (χ1v) is 8.50. The van der Waals surface area contributed by atoms with Gasteiger partial charge in [0.25, 0.3) is 0 Å². The van der Waals surface area contributed by atoms with Crippen molar-refractivity contribution in [2.75, 3.05) is 5.43 Å². The number of hydrazone groups is 1. The van der Waals surface area contributed by atoms with Crippen LogP contribution in [0.3, 0.4) is 0 Å². The maximum atomic E-state index is 9.34. The molecule has 0 radical (unpaired) electrons. The van der Waals surface area contributed by atoms with Gasteiger partial charge in [-0.05, 0) is 18.2 Å². The van der Waals surface area contributed by atoms with E-state index < -0.39 is 0 Å². The normalized spacial score (nSPS) is 11.1. The van der Waals surface area contributed by atoms with Gasteiger partial charge in [0.1, 0.15) is 6.07 Å². The van der Waals surface area contributed by atoms with Crippen LogP contribution in [0.5, 0.6) is 0 Å². The van der Waals surface area contributed by atoms with Gasteiger partial charge in [-0.2, -0.15) is 10.4 Å². The van der Waals surface area contributed by atoms with Gasteiger partial charge in [0.15, 0.2) is 10.7 Å². The molecule has 2 aromatic carbocycles. The number of benzene rings is 2. The average Bonchev–Trinajstić information content (AvgIpc) is 3.05. The fourth-order valence-electron chi connectivity index (χ4n) is 1.98. The molecule has 0 aliphatic carbocycles. The molecule has 0 aliphatic heterocycles. The molecule has 0 bridgehead atoms. The molecule has 3 aromatic rings. The molecule has 118 valence electrons. The van der Waals surface area contributed by atoms with E-state index in [4.69, 9.17) is 23.2 Å². The fraction of sp³-hybridized carbons (Fsp3) is 0. The highest BCUT2D eigenvalue weighted by Gasteiger charge is 2.10. The van der Waals surface area contributed by atoms with Gasteiger partial charge in [-0.15, -0.1) is 11.3 Å². The van der Waals surface area contributed by atoms with E-state index >= 15 is 0 Å². The molecule has 0 saturated carbocycles. The van der Waals surface area contributed by atoms with Crippen LogP contribution < -0.4 is 5.43 Å². The van der Waals surface area contributed by atoms with Crippen LogP contribution >= 0.6 is 34.5 Å². The minimum atomic E-state index is 0.193. The first-order valence-electron chi connectivity index (χ1n) is 6.87. The van der Waals surface area contributed by atoms with E-state index in [1.54, 1.807) is 18.2 Å². The molecule has 1 heterocycles. The molecule has 0 unspecified atom stereocenters. The Morgan fingerprint density at radius 3 is 2.50 bits per heavy atom. The van der Waals surface area contributed by atoms with Gasteiger partial charge in [-0.25, -0.2) is 4.98 Å². The van der Waals surface area contributed by atoms with E-state index in [2.05, 4.69) is 21.6 Å². The molecule has 3 rings (SSSR count). The lowest BCUT2D eigenvalue weighted by Crippen LogP contribution is -2.01. The highest BCUT2D eigenvalue weighted by atomic mass is 35.5. The van der Waals surface area contributed by atoms with Crippen LogP contribution in [0.25, 0.3) is 11.3 Å². The summed E-state index contributed by atoms with van der Waals surface area (Å²) in [5.74, 6) is 0. The second-order valence-electron chi connectivity index (χ2n) is 4.75. The van der Waals surface area contributed by atoms with Crippen LogP contribution in [0, 0.1) is 11.3 Å². The monoisotopic (exact) mass is 372 g/mol. The van der Waals surface area contributed by atoms with Gasteiger partial charge >= 0.3 is 0 Å². The molecular formula is C17H10Cl2N4S. The SMILES string of the molecule is N#C/C(=N\Nc1cc(Cl)cc(Cl)c1)c1nc(-c2ccccc2)cs1. The quantitative estimate of drug-likeness (QED) is 0.488. The number of nitrogens with zero attached hydrogens (tertiary/aromatic N) is 3. The highest BCUT2D eigenvalue weighted by molar-refractivity contribution is 7.12. The van der Waals surface area contributed by atoms with Crippen molar-refractivity contribution in [2.24, 2.45) is 5.10 Å². The number of anilines is 1. The van der Waals surface area contributed by atoms with E-state index in [0.717, 1.165) is 11.3 Å². The molecule has 24 heavy (non-hydrogen) atoms. The third-order valence-electron chi connectivity index (χ3n) is 3.04. The van der Waals surface area contributed by atoms with Crippen molar-refractivity contribution >= 4 is 45.9 Å². The Bertz CT molecular complexity index is 909. The number of nitrogens with one attached hydrogen (secondary N) is 1. The Kier molecular flexibility index (Phi) is 5.11. The number of halogens is 2. The van der Waals surface area contributed by atoms with E-state index in [1.807, 2.05) is 35.7 Å². The van der Waals surface area contributed by atoms with Crippen LogP contribution in [0.2, 0.25) is 10.0 Å². The van der Waals surface area contributed by atoms with E-state index in [1.165, 1.54) is 11.3 Å². The van der Waals surface area contributed by atoms with Crippen LogP contribution in [0.4, 0.5) is 5.69 Å². The van der Waals surface area contributed by atoms with Crippen LogP contribution in [0.15, 0.2) is 59.0 Å². The van der Waals surface area contributed by atoms with Gasteiger partial charge in [0.2, 0.25) is 0 Å². The van der Waals surface area contributed by atoms with Crippen LogP contribution in [0.1, 0.15) is 5.01 Å². The summed E-state index contributed by atoms with van der Waals surface area (Å²) in [6.07, 6.45) is 0. The third kappa shape index (κ3) is 3.92. The molecule has 0 aliphatic rings. The molecule has 4 nitrogen and oxygen atoms in total. The second-order valence-corrected chi connectivity index (χ2v) is 6.48. The summed E-state index contributed by atoms with van der Waals surface area (Å²) in [5, 5.41) is 16.9. The lowest BCUT2D eigenvalue weighted by molar-refractivity contribution is 1.31. The summed E-state index contributed by atoms with van der Waals surface area (Å²) in [6, 6.07) is 16.8. The first-order chi connectivity index (χ1) is 11.7. The largest absolute Gasteiger partial charge is 0.277 e. The number of hydrogen-bond donors (Lipinski definition) is 1. The smallest absolute Gasteiger partial charge is 0.196 e. The third-order valence-corrected chi connectivity index (χ3v) is 4.33. The Morgan fingerprint density at radius 2 is 1.83 bits per heavy atom. The Morgan fingerprint density at radius 1 is 1.12 bits per heavy atom. The predicted molar refractivity (Wildman–Crippen MR) is 99.8 cm³/mol. The molecule has 1 aromatic heterocycles. The lowest BCUT2D eigenvalue weighted by atomic mass is 10.2. The highest BCUT2D eigenvalue weighted by Crippen LogP contribution is 2.24. The molecular weight excluding hydrogens is 363 g/mol. The zero-order chi connectivity index (χ0) is 16.9. The van der Waals surface area contributed by atoms with Crippen molar-refractivity contribution in [1.29, 1.82) is 5.26 Å². The second kappa shape index (κ2) is 7.45. The predicted octanol–water partition coefficient (Wildman–Crippen LogP) is 5.46. The van der Waals surface area contributed by atoms with Crippen molar-refractivity contribution in [3.8, 4) is 17.3 Å². The van der Waals surface area contributed by atoms with Gasteiger partial charge in [-0.1, -0.05) is 53.5 Å². The van der Waals surface area contributed by atoms with Crippen molar-refractivity contribution in [1.82, 2.24) is 4.98 Å². The van der Waals surface area contributed by atoms with Crippen molar-refractivity contribution in [3.63, 3.8) is 0 Å². The standard InChI is InChI=1S/C17H10Cl2N4S/c18-12-6-13(19)8-14(7-12)22-23-15(9-20)17-21-16(10-24-17)11-4-2-1-3-5-11/h1-8,10,22H/b23-15+. The summed E-state index contributed by atoms with van der Waals surface area (Å²) >= 11 is 13.2.